The van der Waals surface area contributed by atoms with Crippen molar-refractivity contribution in [3.63, 3.8) is 0 Å². The molecule has 7 heteroatoms. The summed E-state index contributed by atoms with van der Waals surface area (Å²) in [6.45, 7) is 4.52. The zero-order valence-electron chi connectivity index (χ0n) is 13.2. The quantitative estimate of drug-likeness (QED) is 0.725. The van der Waals surface area contributed by atoms with E-state index in [1.165, 1.54) is 15.9 Å². The van der Waals surface area contributed by atoms with Crippen LogP contribution in [0.3, 0.4) is 0 Å². The zero-order chi connectivity index (χ0) is 16.6. The van der Waals surface area contributed by atoms with Gasteiger partial charge in [0.05, 0.1) is 5.69 Å². The molecule has 0 aliphatic carbocycles. The molecule has 0 aliphatic rings. The molecule has 0 amide bonds. The molecule has 0 saturated carbocycles. The lowest BCUT2D eigenvalue weighted by molar-refractivity contribution is 0.250. The lowest BCUT2D eigenvalue weighted by Crippen LogP contribution is -2.24. The number of aromatic nitrogens is 3. The van der Waals surface area contributed by atoms with Gasteiger partial charge in [-0.2, -0.15) is 9.61 Å². The van der Waals surface area contributed by atoms with E-state index in [0.29, 0.717) is 11.5 Å². The predicted molar refractivity (Wildman–Crippen MR) is 93.2 cm³/mol. The Labute approximate surface area is 143 Å². The second-order valence-electron chi connectivity index (χ2n) is 5.51. The van der Waals surface area contributed by atoms with Crippen LogP contribution in [0.4, 0.5) is 0 Å². The highest BCUT2D eigenvalue weighted by Gasteiger charge is 2.16. The van der Waals surface area contributed by atoms with Gasteiger partial charge in [0.15, 0.2) is 0 Å². The van der Waals surface area contributed by atoms with Gasteiger partial charge >= 0.3 is 0 Å². The van der Waals surface area contributed by atoms with Crippen LogP contribution in [0, 0.1) is 6.92 Å². The molecule has 3 aromatic rings. The summed E-state index contributed by atoms with van der Waals surface area (Å²) >= 11 is 7.69. The summed E-state index contributed by atoms with van der Waals surface area (Å²) in [6, 6.07) is 9.46. The van der Waals surface area contributed by atoms with E-state index in [-0.39, 0.29) is 11.6 Å². The molecule has 5 nitrogen and oxygen atoms in total. The zero-order valence-corrected chi connectivity index (χ0v) is 14.7. The minimum atomic E-state index is -0.145. The van der Waals surface area contributed by atoms with Crippen LogP contribution in [0.1, 0.15) is 29.2 Å². The molecule has 2 heterocycles. The van der Waals surface area contributed by atoms with Crippen molar-refractivity contribution in [2.75, 3.05) is 7.05 Å². The summed E-state index contributed by atoms with van der Waals surface area (Å²) in [5.74, 6) is 0. The van der Waals surface area contributed by atoms with Crippen LogP contribution in [0.2, 0.25) is 5.02 Å². The van der Waals surface area contributed by atoms with Crippen LogP contribution < -0.4 is 5.56 Å². The van der Waals surface area contributed by atoms with E-state index in [1.54, 1.807) is 6.07 Å². The highest BCUT2D eigenvalue weighted by molar-refractivity contribution is 7.16. The second-order valence-corrected chi connectivity index (χ2v) is 7.08. The Morgan fingerprint density at radius 3 is 2.87 bits per heavy atom. The van der Waals surface area contributed by atoms with E-state index < -0.39 is 0 Å². The number of rotatable bonds is 4. The van der Waals surface area contributed by atoms with Crippen molar-refractivity contribution < 1.29 is 0 Å². The van der Waals surface area contributed by atoms with Crippen molar-refractivity contribution in [2.45, 2.75) is 26.4 Å². The maximum atomic E-state index is 12.1. The standard InChI is InChI=1S/C16H17ClN4OS/c1-10(13-6-4-5-7-14(13)17)20(3)9-12-8-15(22)21-16(18-12)23-11(2)19-21/h4-8,10H,9H2,1-3H3. The van der Waals surface area contributed by atoms with E-state index in [0.717, 1.165) is 21.3 Å². The number of nitrogens with zero attached hydrogens (tertiary/aromatic N) is 4. The van der Waals surface area contributed by atoms with E-state index in [2.05, 4.69) is 21.9 Å². The number of hydrogen-bond acceptors (Lipinski definition) is 5. The van der Waals surface area contributed by atoms with Gasteiger partial charge in [-0.25, -0.2) is 4.98 Å². The van der Waals surface area contributed by atoms with Crippen molar-refractivity contribution in [3.05, 3.63) is 62.0 Å². The average molecular weight is 349 g/mol. The first-order valence-corrected chi connectivity index (χ1v) is 8.46. The SMILES string of the molecule is Cc1nn2c(=O)cc(CN(C)C(C)c3ccccc3Cl)nc2s1. The van der Waals surface area contributed by atoms with Gasteiger partial charge in [0.2, 0.25) is 4.96 Å². The Hall–Kier alpha value is -1.76. The van der Waals surface area contributed by atoms with Crippen molar-refractivity contribution in [3.8, 4) is 0 Å². The lowest BCUT2D eigenvalue weighted by Gasteiger charge is -2.25. The van der Waals surface area contributed by atoms with Gasteiger partial charge in [-0.3, -0.25) is 9.69 Å². The summed E-state index contributed by atoms with van der Waals surface area (Å²) in [7, 11) is 2.00. The second kappa shape index (κ2) is 6.39. The Bertz CT molecular complexity index is 904. The van der Waals surface area contributed by atoms with E-state index >= 15 is 0 Å². The van der Waals surface area contributed by atoms with Gasteiger partial charge in [0, 0.05) is 23.7 Å². The van der Waals surface area contributed by atoms with Gasteiger partial charge in [-0.1, -0.05) is 41.1 Å². The minimum absolute atomic E-state index is 0.118. The van der Waals surface area contributed by atoms with Crippen LogP contribution in [0.15, 0.2) is 35.1 Å². The Morgan fingerprint density at radius 1 is 1.39 bits per heavy atom. The maximum Gasteiger partial charge on any atom is 0.275 e. The number of benzene rings is 1. The average Bonchev–Trinajstić information content (AvgIpc) is 2.88. The molecule has 3 rings (SSSR count). The van der Waals surface area contributed by atoms with Gasteiger partial charge in [-0.05, 0) is 32.5 Å². The summed E-state index contributed by atoms with van der Waals surface area (Å²) < 4.78 is 1.35. The number of halogens is 1. The predicted octanol–water partition coefficient (Wildman–Crippen LogP) is 3.31. The molecule has 0 N–H and O–H groups in total. The van der Waals surface area contributed by atoms with Crippen LogP contribution >= 0.6 is 22.9 Å². The van der Waals surface area contributed by atoms with Crippen molar-refractivity contribution >= 4 is 27.9 Å². The Morgan fingerprint density at radius 2 is 2.13 bits per heavy atom. The van der Waals surface area contributed by atoms with Crippen LogP contribution in [-0.2, 0) is 6.54 Å². The Balaban J connectivity index is 1.86. The molecule has 23 heavy (non-hydrogen) atoms. The largest absolute Gasteiger partial charge is 0.294 e. The summed E-state index contributed by atoms with van der Waals surface area (Å²) in [5, 5.41) is 5.72. The van der Waals surface area contributed by atoms with Crippen molar-refractivity contribution in [1.82, 2.24) is 19.5 Å². The molecule has 1 aromatic carbocycles. The summed E-state index contributed by atoms with van der Waals surface area (Å²) in [5.41, 5.74) is 1.65. The van der Waals surface area contributed by atoms with Crippen molar-refractivity contribution in [1.29, 1.82) is 0 Å². The van der Waals surface area contributed by atoms with Gasteiger partial charge in [0.25, 0.3) is 5.56 Å². The van der Waals surface area contributed by atoms with E-state index in [4.69, 9.17) is 11.6 Å². The van der Waals surface area contributed by atoms with Gasteiger partial charge in [-0.15, -0.1) is 0 Å². The molecule has 0 fully saturated rings. The molecule has 0 radical (unpaired) electrons. The topological polar surface area (TPSA) is 50.5 Å². The fraction of sp³-hybridized carbons (Fsp3) is 0.312. The van der Waals surface area contributed by atoms with Crippen LogP contribution in [0.25, 0.3) is 4.96 Å². The first-order valence-electron chi connectivity index (χ1n) is 7.27. The third kappa shape index (κ3) is 3.29. The molecular formula is C16H17ClN4OS. The van der Waals surface area contributed by atoms with Crippen LogP contribution in [-0.4, -0.2) is 26.5 Å². The molecule has 120 valence electrons. The number of aryl methyl sites for hydroxylation is 1. The molecule has 2 aromatic heterocycles. The van der Waals surface area contributed by atoms with Gasteiger partial charge in [0.1, 0.15) is 5.01 Å². The maximum absolute atomic E-state index is 12.1. The first-order chi connectivity index (χ1) is 11.0. The molecule has 1 unspecified atom stereocenters. The summed E-state index contributed by atoms with van der Waals surface area (Å²) in [4.78, 5) is 19.4. The fourth-order valence-corrected chi connectivity index (χ4v) is 3.54. The molecular weight excluding hydrogens is 332 g/mol. The fourth-order valence-electron chi connectivity index (χ4n) is 2.48. The third-order valence-electron chi connectivity index (χ3n) is 3.83. The monoisotopic (exact) mass is 348 g/mol. The van der Waals surface area contributed by atoms with E-state index in [9.17, 15) is 4.79 Å². The third-order valence-corrected chi connectivity index (χ3v) is 5.00. The number of fused-ring (bicyclic) bond motifs is 1. The van der Waals surface area contributed by atoms with Gasteiger partial charge < -0.3 is 0 Å². The van der Waals surface area contributed by atoms with E-state index in [1.807, 2.05) is 38.2 Å². The smallest absolute Gasteiger partial charge is 0.275 e. The lowest BCUT2D eigenvalue weighted by atomic mass is 10.1. The Kier molecular flexibility index (Phi) is 4.48. The normalized spacial score (nSPS) is 12.9. The molecule has 1 atom stereocenters. The van der Waals surface area contributed by atoms with Crippen LogP contribution in [0.5, 0.6) is 0 Å². The molecule has 0 spiro atoms. The first kappa shape index (κ1) is 16.1. The number of hydrogen-bond donors (Lipinski definition) is 0. The summed E-state index contributed by atoms with van der Waals surface area (Å²) in [6.07, 6.45) is 0. The minimum Gasteiger partial charge on any atom is -0.294 e. The molecule has 0 saturated heterocycles. The van der Waals surface area contributed by atoms with Crippen molar-refractivity contribution in [2.24, 2.45) is 0 Å². The molecule has 0 bridgehead atoms. The highest BCUT2D eigenvalue weighted by atomic mass is 35.5. The molecule has 0 aliphatic heterocycles. The highest BCUT2D eigenvalue weighted by Crippen LogP contribution is 2.26.